The summed E-state index contributed by atoms with van der Waals surface area (Å²) >= 11 is 2.94. The van der Waals surface area contributed by atoms with Crippen LogP contribution in [0.3, 0.4) is 0 Å². The molecule has 2 N–H and O–H groups in total. The molecule has 0 aliphatic rings. The highest BCUT2D eigenvalue weighted by molar-refractivity contribution is 7.24. The number of aromatic nitrogens is 3. The fourth-order valence-corrected chi connectivity index (χ4v) is 3.27. The summed E-state index contributed by atoms with van der Waals surface area (Å²) in [6.07, 6.45) is 1.80. The lowest BCUT2D eigenvalue weighted by molar-refractivity contribution is 0.340. The van der Waals surface area contributed by atoms with Crippen molar-refractivity contribution in [1.29, 1.82) is 0 Å². The van der Waals surface area contributed by atoms with E-state index < -0.39 is 0 Å². The van der Waals surface area contributed by atoms with Gasteiger partial charge in [0, 0.05) is 11.8 Å². The molecule has 2 heterocycles. The summed E-state index contributed by atoms with van der Waals surface area (Å²) in [7, 11) is 0. The number of nitrogen functional groups attached to an aromatic ring is 1. The number of hydrogen-bond acceptors (Lipinski definition) is 7. The maximum atomic E-state index is 5.59. The first-order valence-electron chi connectivity index (χ1n) is 6.04. The SMILES string of the molecule is CCOc1ccc(-c2ncc(-c3nnc(N)s3)s2)cc1. The highest BCUT2D eigenvalue weighted by atomic mass is 32.1. The molecule has 0 bridgehead atoms. The average Bonchev–Trinajstić information content (AvgIpc) is 3.09. The van der Waals surface area contributed by atoms with Gasteiger partial charge in [-0.1, -0.05) is 11.3 Å². The number of hydrogen-bond donors (Lipinski definition) is 1. The molecule has 0 saturated carbocycles. The molecule has 102 valence electrons. The standard InChI is InChI=1S/C13H12N4OS2/c1-2-18-9-5-3-8(4-6-9)11-15-7-10(19-11)12-16-17-13(14)20-12/h3-7H,2H2,1H3,(H2,14,17). The van der Waals surface area contributed by atoms with Crippen LogP contribution in [-0.4, -0.2) is 21.8 Å². The van der Waals surface area contributed by atoms with E-state index in [1.165, 1.54) is 11.3 Å². The van der Waals surface area contributed by atoms with Crippen molar-refractivity contribution in [3.8, 4) is 26.2 Å². The van der Waals surface area contributed by atoms with Crippen molar-refractivity contribution < 1.29 is 4.74 Å². The zero-order valence-electron chi connectivity index (χ0n) is 10.7. The molecule has 0 spiro atoms. The van der Waals surface area contributed by atoms with Crippen molar-refractivity contribution in [3.63, 3.8) is 0 Å². The molecular weight excluding hydrogens is 292 g/mol. The van der Waals surface area contributed by atoms with Gasteiger partial charge >= 0.3 is 0 Å². The number of rotatable bonds is 4. The number of thiazole rings is 1. The first-order valence-corrected chi connectivity index (χ1v) is 7.68. The molecule has 0 radical (unpaired) electrons. The Morgan fingerprint density at radius 2 is 1.90 bits per heavy atom. The van der Waals surface area contributed by atoms with Crippen LogP contribution in [0.25, 0.3) is 20.5 Å². The molecule has 0 unspecified atom stereocenters. The van der Waals surface area contributed by atoms with Crippen molar-refractivity contribution in [1.82, 2.24) is 15.2 Å². The van der Waals surface area contributed by atoms with Crippen molar-refractivity contribution in [2.24, 2.45) is 0 Å². The molecule has 3 aromatic rings. The van der Waals surface area contributed by atoms with Gasteiger partial charge in [0.1, 0.15) is 10.8 Å². The Labute approximate surface area is 124 Å². The monoisotopic (exact) mass is 304 g/mol. The number of anilines is 1. The number of ether oxygens (including phenoxy) is 1. The zero-order valence-corrected chi connectivity index (χ0v) is 12.4. The first kappa shape index (κ1) is 13.0. The van der Waals surface area contributed by atoms with Gasteiger partial charge in [-0.05, 0) is 31.2 Å². The Balaban J connectivity index is 1.86. The van der Waals surface area contributed by atoms with Crippen molar-refractivity contribution in [3.05, 3.63) is 30.5 Å². The minimum absolute atomic E-state index is 0.469. The molecule has 1 aromatic carbocycles. The van der Waals surface area contributed by atoms with Gasteiger partial charge in [0.15, 0.2) is 5.01 Å². The Morgan fingerprint density at radius 1 is 1.10 bits per heavy atom. The van der Waals surface area contributed by atoms with E-state index in [4.69, 9.17) is 10.5 Å². The second kappa shape index (κ2) is 5.56. The minimum Gasteiger partial charge on any atom is -0.494 e. The second-order valence-electron chi connectivity index (χ2n) is 3.93. The van der Waals surface area contributed by atoms with E-state index in [9.17, 15) is 0 Å². The fraction of sp³-hybridized carbons (Fsp3) is 0.154. The lowest BCUT2D eigenvalue weighted by atomic mass is 10.2. The summed E-state index contributed by atoms with van der Waals surface area (Å²) < 4.78 is 5.43. The maximum absolute atomic E-state index is 5.59. The highest BCUT2D eigenvalue weighted by Gasteiger charge is 2.10. The summed E-state index contributed by atoms with van der Waals surface area (Å²) in [6, 6.07) is 7.90. The predicted octanol–water partition coefficient (Wildman–Crippen LogP) is 3.31. The van der Waals surface area contributed by atoms with Crippen LogP contribution in [0.2, 0.25) is 0 Å². The highest BCUT2D eigenvalue weighted by Crippen LogP contribution is 2.34. The normalized spacial score (nSPS) is 10.7. The van der Waals surface area contributed by atoms with Crippen LogP contribution in [0.1, 0.15) is 6.92 Å². The molecule has 5 nitrogen and oxygen atoms in total. The van der Waals surface area contributed by atoms with E-state index in [0.717, 1.165) is 26.2 Å². The van der Waals surface area contributed by atoms with Crippen LogP contribution in [0, 0.1) is 0 Å². The molecule has 0 aliphatic heterocycles. The first-order chi connectivity index (χ1) is 9.76. The van der Waals surface area contributed by atoms with E-state index in [-0.39, 0.29) is 0 Å². The van der Waals surface area contributed by atoms with Crippen LogP contribution < -0.4 is 10.5 Å². The molecule has 2 aromatic heterocycles. The lowest BCUT2D eigenvalue weighted by Gasteiger charge is -2.02. The number of nitrogens with zero attached hydrogens (tertiary/aromatic N) is 3. The quantitative estimate of drug-likeness (QED) is 0.800. The van der Waals surface area contributed by atoms with Gasteiger partial charge < -0.3 is 10.5 Å². The van der Waals surface area contributed by atoms with E-state index >= 15 is 0 Å². The van der Waals surface area contributed by atoms with Gasteiger partial charge in [0.05, 0.1) is 11.5 Å². The van der Waals surface area contributed by atoms with Gasteiger partial charge in [-0.3, -0.25) is 0 Å². The summed E-state index contributed by atoms with van der Waals surface area (Å²) in [6.45, 7) is 2.63. The third-order valence-electron chi connectivity index (χ3n) is 2.57. The van der Waals surface area contributed by atoms with Crippen LogP contribution in [0.15, 0.2) is 30.5 Å². The molecular formula is C13H12N4OS2. The Hall–Kier alpha value is -1.99. The van der Waals surface area contributed by atoms with Gasteiger partial charge in [-0.15, -0.1) is 21.5 Å². The van der Waals surface area contributed by atoms with Crippen LogP contribution in [0.4, 0.5) is 5.13 Å². The van der Waals surface area contributed by atoms with E-state index in [0.29, 0.717) is 11.7 Å². The summed E-state index contributed by atoms with van der Waals surface area (Å²) in [5.41, 5.74) is 6.65. The lowest BCUT2D eigenvalue weighted by Crippen LogP contribution is -1.90. The minimum atomic E-state index is 0.469. The number of nitrogens with two attached hydrogens (primary N) is 1. The van der Waals surface area contributed by atoms with E-state index in [2.05, 4.69) is 15.2 Å². The van der Waals surface area contributed by atoms with Crippen LogP contribution in [0.5, 0.6) is 5.75 Å². The van der Waals surface area contributed by atoms with E-state index in [1.807, 2.05) is 31.2 Å². The molecule has 0 aliphatic carbocycles. The Kier molecular flexibility index (Phi) is 3.62. The van der Waals surface area contributed by atoms with Gasteiger partial charge in [0.2, 0.25) is 5.13 Å². The van der Waals surface area contributed by atoms with E-state index in [1.54, 1.807) is 17.5 Å². The summed E-state index contributed by atoms with van der Waals surface area (Å²) in [5.74, 6) is 0.866. The predicted molar refractivity (Wildman–Crippen MR) is 82.0 cm³/mol. The zero-order chi connectivity index (χ0) is 13.9. The summed E-state index contributed by atoms with van der Waals surface area (Å²) in [5, 5.41) is 10.1. The molecule has 0 fully saturated rings. The van der Waals surface area contributed by atoms with Crippen molar-refractivity contribution in [2.75, 3.05) is 12.3 Å². The molecule has 0 atom stereocenters. The Morgan fingerprint density at radius 3 is 2.55 bits per heavy atom. The third kappa shape index (κ3) is 2.63. The topological polar surface area (TPSA) is 73.9 Å². The third-order valence-corrected chi connectivity index (χ3v) is 4.54. The molecule has 0 saturated heterocycles. The molecule has 20 heavy (non-hydrogen) atoms. The second-order valence-corrected chi connectivity index (χ2v) is 5.97. The smallest absolute Gasteiger partial charge is 0.203 e. The maximum Gasteiger partial charge on any atom is 0.203 e. The molecule has 7 heteroatoms. The molecule has 0 amide bonds. The van der Waals surface area contributed by atoms with Gasteiger partial charge in [0.25, 0.3) is 0 Å². The van der Waals surface area contributed by atoms with Crippen molar-refractivity contribution >= 4 is 27.8 Å². The summed E-state index contributed by atoms with van der Waals surface area (Å²) in [4.78, 5) is 5.40. The molecule has 3 rings (SSSR count). The average molecular weight is 304 g/mol. The number of benzene rings is 1. The van der Waals surface area contributed by atoms with Crippen LogP contribution >= 0.6 is 22.7 Å². The largest absolute Gasteiger partial charge is 0.494 e. The Bertz CT molecular complexity index is 705. The fourth-order valence-electron chi connectivity index (χ4n) is 1.70. The van der Waals surface area contributed by atoms with Gasteiger partial charge in [-0.2, -0.15) is 0 Å². The van der Waals surface area contributed by atoms with Crippen molar-refractivity contribution in [2.45, 2.75) is 6.92 Å². The van der Waals surface area contributed by atoms with Crippen LogP contribution in [-0.2, 0) is 0 Å². The van der Waals surface area contributed by atoms with Gasteiger partial charge in [-0.25, -0.2) is 4.98 Å².